The molecule has 0 saturated heterocycles. The zero-order chi connectivity index (χ0) is 19.6. The quantitative estimate of drug-likeness (QED) is 0.728. The molecule has 2 aliphatic heterocycles. The molecule has 2 aromatic rings. The first-order chi connectivity index (χ1) is 13.6. The molecule has 0 bridgehead atoms. The van der Waals surface area contributed by atoms with Gasteiger partial charge in [0.25, 0.3) is 5.91 Å². The predicted molar refractivity (Wildman–Crippen MR) is 102 cm³/mol. The summed E-state index contributed by atoms with van der Waals surface area (Å²) in [4.78, 5) is 40.7. The van der Waals surface area contributed by atoms with Crippen LogP contribution in [0.3, 0.4) is 0 Å². The largest absolute Gasteiger partial charge is 0.469 e. The lowest BCUT2D eigenvalue weighted by molar-refractivity contribution is -0.170. The number of fused-ring (bicyclic) bond motifs is 4. The molecule has 28 heavy (non-hydrogen) atoms. The number of ether oxygens (including phenoxy) is 2. The van der Waals surface area contributed by atoms with Gasteiger partial charge in [0.05, 0.1) is 25.8 Å². The van der Waals surface area contributed by atoms with Gasteiger partial charge in [-0.3, -0.25) is 19.3 Å². The minimum absolute atomic E-state index is 0.165. The molecule has 1 spiro atoms. The number of esters is 2. The van der Waals surface area contributed by atoms with Gasteiger partial charge in [0.1, 0.15) is 10.8 Å². The molecule has 0 N–H and O–H groups in total. The molecular weight excluding hydrogens is 378 g/mol. The summed E-state index contributed by atoms with van der Waals surface area (Å²) >= 11 is 1.46. The number of benzene rings is 2. The van der Waals surface area contributed by atoms with Gasteiger partial charge in [-0.2, -0.15) is 0 Å². The van der Waals surface area contributed by atoms with E-state index in [-0.39, 0.29) is 11.8 Å². The van der Waals surface area contributed by atoms with Crippen molar-refractivity contribution in [3.05, 3.63) is 59.7 Å². The van der Waals surface area contributed by atoms with Crippen LogP contribution in [0.5, 0.6) is 0 Å². The van der Waals surface area contributed by atoms with Crippen LogP contribution in [-0.2, 0) is 19.1 Å². The van der Waals surface area contributed by atoms with E-state index in [1.54, 1.807) is 11.0 Å². The predicted octanol–water partition coefficient (Wildman–Crippen LogP) is 2.82. The maximum atomic E-state index is 13.5. The fourth-order valence-corrected chi connectivity index (χ4v) is 6.75. The molecular formula is C21H17NO5S. The average Bonchev–Trinajstić information content (AvgIpc) is 3.08. The lowest BCUT2D eigenvalue weighted by Gasteiger charge is -2.61. The van der Waals surface area contributed by atoms with Gasteiger partial charge in [-0.15, -0.1) is 0 Å². The number of carbonyl (C=O) groups is 3. The van der Waals surface area contributed by atoms with Crippen LogP contribution in [0.2, 0.25) is 0 Å². The van der Waals surface area contributed by atoms with Crippen molar-refractivity contribution >= 4 is 35.3 Å². The number of rotatable bonds is 2. The fraction of sp³-hybridized carbons (Fsp3) is 0.286. The summed E-state index contributed by atoms with van der Waals surface area (Å²) in [5.74, 6) is -3.03. The first-order valence-electron chi connectivity index (χ1n) is 8.93. The van der Waals surface area contributed by atoms with Gasteiger partial charge in [0, 0.05) is 16.4 Å². The van der Waals surface area contributed by atoms with E-state index in [0.717, 1.165) is 16.1 Å². The van der Waals surface area contributed by atoms with E-state index in [1.165, 1.54) is 26.0 Å². The third-order valence-electron chi connectivity index (χ3n) is 6.00. The topological polar surface area (TPSA) is 72.9 Å². The van der Waals surface area contributed by atoms with E-state index in [0.29, 0.717) is 5.56 Å². The summed E-state index contributed by atoms with van der Waals surface area (Å²) in [6.45, 7) is 0. The van der Waals surface area contributed by atoms with Gasteiger partial charge < -0.3 is 9.47 Å². The van der Waals surface area contributed by atoms with Crippen molar-refractivity contribution < 1.29 is 23.9 Å². The molecule has 0 radical (unpaired) electrons. The van der Waals surface area contributed by atoms with Crippen molar-refractivity contribution in [2.45, 2.75) is 15.7 Å². The lowest BCUT2D eigenvalue weighted by Crippen LogP contribution is -2.73. The second-order valence-corrected chi connectivity index (χ2v) is 8.37. The SMILES string of the molecule is COC(=O)[C@@H]1[C@@H](C(=O)OC)[C@@]23Sc4ccccc4N2C(=O)c2ccccc2[C@@H]13. The first-order valence-corrected chi connectivity index (χ1v) is 9.75. The Morgan fingerprint density at radius 2 is 1.68 bits per heavy atom. The summed E-state index contributed by atoms with van der Waals surface area (Å²) in [6.07, 6.45) is 0. The molecule has 142 valence electrons. The van der Waals surface area contributed by atoms with Gasteiger partial charge >= 0.3 is 11.9 Å². The van der Waals surface area contributed by atoms with Crippen LogP contribution < -0.4 is 4.90 Å². The third-order valence-corrected chi connectivity index (χ3v) is 7.58. The van der Waals surface area contributed by atoms with Crippen LogP contribution in [0.25, 0.3) is 0 Å². The highest BCUT2D eigenvalue weighted by molar-refractivity contribution is 8.01. The number of thioether (sulfide) groups is 1. The molecule has 0 unspecified atom stereocenters. The number of amides is 1. The molecule has 7 heteroatoms. The van der Waals surface area contributed by atoms with E-state index < -0.39 is 28.6 Å². The third kappa shape index (κ3) is 1.87. The lowest BCUT2D eigenvalue weighted by atomic mass is 9.54. The van der Waals surface area contributed by atoms with Crippen molar-refractivity contribution in [2.75, 3.05) is 19.1 Å². The van der Waals surface area contributed by atoms with E-state index >= 15 is 0 Å². The first kappa shape index (κ1) is 17.3. The van der Waals surface area contributed by atoms with Crippen LogP contribution in [0.1, 0.15) is 21.8 Å². The number of nitrogens with zero attached hydrogens (tertiary/aromatic N) is 1. The molecule has 0 aromatic heterocycles. The highest BCUT2D eigenvalue weighted by Gasteiger charge is 2.76. The van der Waals surface area contributed by atoms with Crippen molar-refractivity contribution in [3.8, 4) is 0 Å². The monoisotopic (exact) mass is 395 g/mol. The molecule has 2 heterocycles. The van der Waals surface area contributed by atoms with Crippen LogP contribution in [0, 0.1) is 11.8 Å². The molecule has 5 rings (SSSR count). The molecule has 2 aromatic carbocycles. The molecule has 1 aliphatic carbocycles. The number of hydrogen-bond acceptors (Lipinski definition) is 6. The second-order valence-electron chi connectivity index (χ2n) is 7.08. The maximum Gasteiger partial charge on any atom is 0.312 e. The number of methoxy groups -OCH3 is 2. The minimum atomic E-state index is -0.929. The van der Waals surface area contributed by atoms with Gasteiger partial charge in [-0.1, -0.05) is 42.1 Å². The van der Waals surface area contributed by atoms with Gasteiger partial charge in [-0.05, 0) is 23.8 Å². The Hall–Kier alpha value is -2.80. The summed E-state index contributed by atoms with van der Waals surface area (Å²) in [5, 5.41) is 0. The maximum absolute atomic E-state index is 13.5. The van der Waals surface area contributed by atoms with E-state index in [1.807, 2.05) is 42.5 Å². The molecule has 6 nitrogen and oxygen atoms in total. The van der Waals surface area contributed by atoms with Crippen LogP contribution in [0.4, 0.5) is 5.69 Å². The number of anilines is 1. The zero-order valence-electron chi connectivity index (χ0n) is 15.2. The molecule has 1 fully saturated rings. The number of hydrogen-bond donors (Lipinski definition) is 0. The Kier molecular flexibility index (Phi) is 3.61. The highest BCUT2D eigenvalue weighted by Crippen LogP contribution is 2.72. The van der Waals surface area contributed by atoms with Crippen molar-refractivity contribution in [1.29, 1.82) is 0 Å². The van der Waals surface area contributed by atoms with Gasteiger partial charge in [0.15, 0.2) is 0 Å². The summed E-state index contributed by atoms with van der Waals surface area (Å²) in [6, 6.07) is 14.9. The Bertz CT molecular complexity index is 1040. The van der Waals surface area contributed by atoms with Crippen molar-refractivity contribution in [2.24, 2.45) is 11.8 Å². The number of carbonyl (C=O) groups excluding carboxylic acids is 3. The second kappa shape index (κ2) is 5.85. The standard InChI is InChI=1S/C21H17NO5S/c1-26-19(24)15-16-11-7-3-4-8-12(11)18(23)22-13-9-5-6-10-14(13)28-21(16,22)17(15)20(25)27-2/h3-10,15-17H,1-2H3/t15-,16-,17-,21+/m0/s1. The normalized spacial score (nSPS) is 29.0. The van der Waals surface area contributed by atoms with E-state index in [9.17, 15) is 14.4 Å². The fourth-order valence-electron chi connectivity index (χ4n) is 4.94. The van der Waals surface area contributed by atoms with E-state index in [2.05, 4.69) is 0 Å². The highest BCUT2D eigenvalue weighted by atomic mass is 32.2. The summed E-state index contributed by atoms with van der Waals surface area (Å²) in [7, 11) is 2.62. The van der Waals surface area contributed by atoms with Crippen molar-refractivity contribution in [1.82, 2.24) is 0 Å². The van der Waals surface area contributed by atoms with Gasteiger partial charge in [0.2, 0.25) is 0 Å². The minimum Gasteiger partial charge on any atom is -0.469 e. The molecule has 3 aliphatic rings. The van der Waals surface area contributed by atoms with Crippen LogP contribution in [-0.4, -0.2) is 36.9 Å². The summed E-state index contributed by atoms with van der Waals surface area (Å²) in [5.41, 5.74) is 2.09. The number of para-hydroxylation sites is 1. The van der Waals surface area contributed by atoms with Crippen LogP contribution in [0.15, 0.2) is 53.4 Å². The Morgan fingerprint density at radius 3 is 2.43 bits per heavy atom. The molecule has 1 amide bonds. The molecule has 1 saturated carbocycles. The Balaban J connectivity index is 1.79. The average molecular weight is 395 g/mol. The molecule has 4 atom stereocenters. The van der Waals surface area contributed by atoms with Gasteiger partial charge in [-0.25, -0.2) is 0 Å². The Labute approximate surface area is 165 Å². The van der Waals surface area contributed by atoms with Crippen molar-refractivity contribution in [3.63, 3.8) is 0 Å². The smallest absolute Gasteiger partial charge is 0.312 e. The Morgan fingerprint density at radius 1 is 1.00 bits per heavy atom. The van der Waals surface area contributed by atoms with Crippen LogP contribution >= 0.6 is 11.8 Å². The van der Waals surface area contributed by atoms with E-state index in [4.69, 9.17) is 9.47 Å². The summed E-state index contributed by atoms with van der Waals surface area (Å²) < 4.78 is 10.1. The zero-order valence-corrected chi connectivity index (χ0v) is 16.1.